The van der Waals surface area contributed by atoms with Gasteiger partial charge in [0.2, 0.25) is 0 Å². The van der Waals surface area contributed by atoms with Crippen molar-refractivity contribution in [2.45, 2.75) is 6.42 Å². The Morgan fingerprint density at radius 3 is 3.17 bits per heavy atom. The molecule has 0 spiro atoms. The monoisotopic (exact) mass is 178 g/mol. The molecule has 0 radical (unpaired) electrons. The molecule has 0 atom stereocenters. The van der Waals surface area contributed by atoms with Gasteiger partial charge in [0.25, 0.3) is 5.91 Å². The van der Waals surface area contributed by atoms with E-state index in [1.54, 1.807) is 6.07 Å². The third kappa shape index (κ3) is 0.990. The lowest BCUT2D eigenvalue weighted by atomic mass is 10.1. The SMILES string of the molecule is N#Cc1cc2c(s1)CCNC2=O. The normalized spacial score (nSPS) is 14.8. The molecule has 1 aliphatic rings. The van der Waals surface area contributed by atoms with Crippen LogP contribution in [0.15, 0.2) is 6.07 Å². The van der Waals surface area contributed by atoms with E-state index in [4.69, 9.17) is 5.26 Å². The smallest absolute Gasteiger partial charge is 0.252 e. The van der Waals surface area contributed by atoms with Gasteiger partial charge in [-0.3, -0.25) is 4.79 Å². The Hall–Kier alpha value is -1.34. The van der Waals surface area contributed by atoms with Crippen molar-refractivity contribution in [3.8, 4) is 6.07 Å². The number of carbonyl (C=O) groups excluding carboxylic acids is 1. The second-order valence-electron chi connectivity index (χ2n) is 2.57. The second-order valence-corrected chi connectivity index (χ2v) is 3.70. The summed E-state index contributed by atoms with van der Waals surface area (Å²) < 4.78 is 0. The Kier molecular flexibility index (Phi) is 1.59. The summed E-state index contributed by atoms with van der Waals surface area (Å²) in [4.78, 5) is 12.9. The minimum Gasteiger partial charge on any atom is -0.352 e. The molecule has 0 fully saturated rings. The van der Waals surface area contributed by atoms with Crippen LogP contribution < -0.4 is 5.32 Å². The van der Waals surface area contributed by atoms with Gasteiger partial charge in [-0.25, -0.2) is 0 Å². The number of carbonyl (C=O) groups is 1. The van der Waals surface area contributed by atoms with Crippen LogP contribution >= 0.6 is 11.3 Å². The van der Waals surface area contributed by atoms with E-state index in [0.717, 1.165) is 11.3 Å². The van der Waals surface area contributed by atoms with Crippen LogP contribution in [0.4, 0.5) is 0 Å². The van der Waals surface area contributed by atoms with Crippen LogP contribution in [0.5, 0.6) is 0 Å². The van der Waals surface area contributed by atoms with Crippen molar-refractivity contribution in [1.82, 2.24) is 5.32 Å². The first kappa shape index (κ1) is 7.32. The fourth-order valence-corrected chi connectivity index (χ4v) is 2.20. The zero-order chi connectivity index (χ0) is 8.55. The van der Waals surface area contributed by atoms with E-state index in [-0.39, 0.29) is 5.91 Å². The summed E-state index contributed by atoms with van der Waals surface area (Å²) in [6.07, 6.45) is 0.855. The first-order valence-corrected chi connectivity index (χ1v) is 4.44. The highest BCUT2D eigenvalue weighted by molar-refractivity contribution is 7.12. The van der Waals surface area contributed by atoms with Gasteiger partial charge < -0.3 is 5.32 Å². The molecule has 2 rings (SSSR count). The lowest BCUT2D eigenvalue weighted by molar-refractivity contribution is 0.0947. The lowest BCUT2D eigenvalue weighted by Gasteiger charge is -2.10. The third-order valence-electron chi connectivity index (χ3n) is 1.80. The summed E-state index contributed by atoms with van der Waals surface area (Å²) in [5, 5.41) is 11.3. The molecule has 1 aromatic rings. The molecule has 0 aromatic carbocycles. The third-order valence-corrected chi connectivity index (χ3v) is 2.90. The van der Waals surface area contributed by atoms with E-state index in [9.17, 15) is 4.79 Å². The lowest BCUT2D eigenvalue weighted by Crippen LogP contribution is -2.30. The maximum atomic E-state index is 11.2. The number of nitriles is 1. The van der Waals surface area contributed by atoms with E-state index in [1.807, 2.05) is 6.07 Å². The van der Waals surface area contributed by atoms with Gasteiger partial charge in [0.05, 0.1) is 5.56 Å². The van der Waals surface area contributed by atoms with Crippen molar-refractivity contribution < 1.29 is 4.79 Å². The van der Waals surface area contributed by atoms with Crippen LogP contribution in [-0.2, 0) is 6.42 Å². The van der Waals surface area contributed by atoms with Crippen molar-refractivity contribution in [3.05, 3.63) is 21.4 Å². The van der Waals surface area contributed by atoms with E-state index in [1.165, 1.54) is 11.3 Å². The highest BCUT2D eigenvalue weighted by atomic mass is 32.1. The van der Waals surface area contributed by atoms with Crippen LogP contribution in [0.2, 0.25) is 0 Å². The highest BCUT2D eigenvalue weighted by Gasteiger charge is 2.19. The van der Waals surface area contributed by atoms with E-state index in [2.05, 4.69) is 5.32 Å². The number of rotatable bonds is 0. The quantitative estimate of drug-likeness (QED) is 0.641. The number of fused-ring (bicyclic) bond motifs is 1. The van der Waals surface area contributed by atoms with Crippen LogP contribution in [0.25, 0.3) is 0 Å². The van der Waals surface area contributed by atoms with Gasteiger partial charge in [-0.15, -0.1) is 11.3 Å². The molecule has 12 heavy (non-hydrogen) atoms. The van der Waals surface area contributed by atoms with E-state index >= 15 is 0 Å². The Morgan fingerprint density at radius 2 is 2.50 bits per heavy atom. The van der Waals surface area contributed by atoms with Crippen LogP contribution in [-0.4, -0.2) is 12.5 Å². The molecule has 3 nitrogen and oxygen atoms in total. The van der Waals surface area contributed by atoms with Gasteiger partial charge >= 0.3 is 0 Å². The maximum Gasteiger partial charge on any atom is 0.252 e. The summed E-state index contributed by atoms with van der Waals surface area (Å²) in [5.41, 5.74) is 0.683. The fourth-order valence-electron chi connectivity index (χ4n) is 1.25. The van der Waals surface area contributed by atoms with Crippen molar-refractivity contribution >= 4 is 17.2 Å². The van der Waals surface area contributed by atoms with Gasteiger partial charge in [-0.2, -0.15) is 5.26 Å². The standard InChI is InChI=1S/C8H6N2OS/c9-4-5-3-6-7(12-5)1-2-10-8(6)11/h3H,1-2H2,(H,10,11). The highest BCUT2D eigenvalue weighted by Crippen LogP contribution is 2.24. The Balaban J connectivity index is 2.52. The molecule has 60 valence electrons. The zero-order valence-corrected chi connectivity index (χ0v) is 7.07. The number of thiophene rings is 1. The molecule has 2 heterocycles. The molecule has 1 amide bonds. The van der Waals surface area contributed by atoms with Gasteiger partial charge in [-0.1, -0.05) is 0 Å². The molecule has 0 saturated heterocycles. The molecule has 1 aliphatic heterocycles. The number of hydrogen-bond acceptors (Lipinski definition) is 3. The minimum absolute atomic E-state index is 0.0472. The fraction of sp³-hybridized carbons (Fsp3) is 0.250. The largest absolute Gasteiger partial charge is 0.352 e. The van der Waals surface area contributed by atoms with Crippen molar-refractivity contribution in [2.24, 2.45) is 0 Å². The average molecular weight is 178 g/mol. The number of amides is 1. The molecule has 4 heteroatoms. The van der Waals surface area contributed by atoms with Crippen molar-refractivity contribution in [2.75, 3.05) is 6.54 Å². The van der Waals surface area contributed by atoms with Gasteiger partial charge in [0, 0.05) is 11.4 Å². The second kappa shape index (κ2) is 2.61. The Labute approximate surface area is 73.6 Å². The minimum atomic E-state index is -0.0472. The molecular formula is C8H6N2OS. The van der Waals surface area contributed by atoms with Gasteiger partial charge in [0.1, 0.15) is 10.9 Å². The number of nitrogens with zero attached hydrogens (tertiary/aromatic N) is 1. The summed E-state index contributed by atoms with van der Waals surface area (Å²) in [5.74, 6) is -0.0472. The summed E-state index contributed by atoms with van der Waals surface area (Å²) >= 11 is 1.42. The molecule has 0 aliphatic carbocycles. The van der Waals surface area contributed by atoms with E-state index in [0.29, 0.717) is 17.0 Å². The Bertz CT molecular complexity index is 375. The number of nitrogens with one attached hydrogen (secondary N) is 1. The van der Waals surface area contributed by atoms with Crippen LogP contribution in [0, 0.1) is 11.3 Å². The summed E-state index contributed by atoms with van der Waals surface area (Å²) in [7, 11) is 0. The first-order chi connectivity index (χ1) is 5.81. The first-order valence-electron chi connectivity index (χ1n) is 3.62. The topological polar surface area (TPSA) is 52.9 Å². The van der Waals surface area contributed by atoms with E-state index < -0.39 is 0 Å². The maximum absolute atomic E-state index is 11.2. The van der Waals surface area contributed by atoms with Crippen LogP contribution in [0.3, 0.4) is 0 Å². The predicted octanol–water partition coefficient (Wildman–Crippen LogP) is 0.906. The van der Waals surface area contributed by atoms with Gasteiger partial charge in [-0.05, 0) is 12.5 Å². The molecular weight excluding hydrogens is 172 g/mol. The number of hydrogen-bond donors (Lipinski definition) is 1. The van der Waals surface area contributed by atoms with Crippen LogP contribution in [0.1, 0.15) is 20.1 Å². The molecule has 1 aromatic heterocycles. The van der Waals surface area contributed by atoms with Crippen molar-refractivity contribution in [1.29, 1.82) is 5.26 Å². The molecule has 0 bridgehead atoms. The molecule has 1 N–H and O–H groups in total. The molecule has 0 unspecified atom stereocenters. The van der Waals surface area contributed by atoms with Crippen molar-refractivity contribution in [3.63, 3.8) is 0 Å². The predicted molar refractivity (Wildman–Crippen MR) is 45.1 cm³/mol. The summed E-state index contributed by atoms with van der Waals surface area (Å²) in [6.45, 7) is 0.692. The Morgan fingerprint density at radius 1 is 1.67 bits per heavy atom. The molecule has 0 saturated carbocycles. The zero-order valence-electron chi connectivity index (χ0n) is 6.26. The average Bonchev–Trinajstić information content (AvgIpc) is 2.49. The van der Waals surface area contributed by atoms with Gasteiger partial charge in [0.15, 0.2) is 0 Å². The summed E-state index contributed by atoms with van der Waals surface area (Å²) in [6, 6.07) is 3.70.